The zero-order chi connectivity index (χ0) is 17.9. The average molecular weight is 340 g/mol. The number of ether oxygens (including phenoxy) is 1. The minimum Gasteiger partial charge on any atom is -0.492 e. The van der Waals surface area contributed by atoms with Crippen LogP contribution in [0, 0.1) is 11.3 Å². The minimum absolute atomic E-state index is 0.432. The molecule has 0 aliphatic rings. The normalized spacial score (nSPS) is 11.6. The SMILES string of the molecule is CCOc1cccc2ccc(C=C(C#N)c3nc4ccccc4[nH]3)nc12. The molecular formula is C21H16N4O. The first kappa shape index (κ1) is 15.9. The van der Waals surface area contributed by atoms with Gasteiger partial charge in [-0.05, 0) is 37.3 Å². The van der Waals surface area contributed by atoms with Crippen molar-refractivity contribution in [1.82, 2.24) is 15.0 Å². The van der Waals surface area contributed by atoms with Crippen LogP contribution in [0.15, 0.2) is 54.6 Å². The van der Waals surface area contributed by atoms with Gasteiger partial charge in [-0.25, -0.2) is 9.97 Å². The Kier molecular flexibility index (Phi) is 4.08. The summed E-state index contributed by atoms with van der Waals surface area (Å²) >= 11 is 0. The summed E-state index contributed by atoms with van der Waals surface area (Å²) in [5.74, 6) is 1.27. The van der Waals surface area contributed by atoms with E-state index in [1.165, 1.54) is 0 Å². The van der Waals surface area contributed by atoms with E-state index in [-0.39, 0.29) is 0 Å². The molecule has 0 amide bonds. The zero-order valence-corrected chi connectivity index (χ0v) is 14.2. The van der Waals surface area contributed by atoms with Crippen molar-refractivity contribution in [2.75, 3.05) is 6.61 Å². The number of imidazole rings is 1. The highest BCUT2D eigenvalue weighted by Gasteiger charge is 2.09. The van der Waals surface area contributed by atoms with Gasteiger partial charge < -0.3 is 9.72 Å². The molecule has 26 heavy (non-hydrogen) atoms. The largest absolute Gasteiger partial charge is 0.492 e. The maximum Gasteiger partial charge on any atom is 0.149 e. The van der Waals surface area contributed by atoms with Crippen LogP contribution < -0.4 is 4.74 Å². The Morgan fingerprint density at radius 1 is 1.12 bits per heavy atom. The lowest BCUT2D eigenvalue weighted by atomic mass is 10.1. The second-order valence-corrected chi connectivity index (χ2v) is 5.77. The van der Waals surface area contributed by atoms with Gasteiger partial charge >= 0.3 is 0 Å². The van der Waals surface area contributed by atoms with E-state index in [2.05, 4.69) is 21.0 Å². The van der Waals surface area contributed by atoms with Gasteiger partial charge in [0.05, 0.1) is 28.9 Å². The van der Waals surface area contributed by atoms with E-state index in [1.807, 2.05) is 61.5 Å². The van der Waals surface area contributed by atoms with Gasteiger partial charge in [0.15, 0.2) is 0 Å². The summed E-state index contributed by atoms with van der Waals surface area (Å²) in [6.45, 7) is 2.52. The molecule has 0 spiro atoms. The number of H-pyrrole nitrogens is 1. The summed E-state index contributed by atoms with van der Waals surface area (Å²) in [4.78, 5) is 12.3. The van der Waals surface area contributed by atoms with Crippen LogP contribution >= 0.6 is 0 Å². The van der Waals surface area contributed by atoms with E-state index >= 15 is 0 Å². The smallest absolute Gasteiger partial charge is 0.149 e. The first-order valence-electron chi connectivity index (χ1n) is 8.38. The van der Waals surface area contributed by atoms with Gasteiger partial charge in [-0.1, -0.05) is 30.3 Å². The Balaban J connectivity index is 1.80. The number of pyridine rings is 1. The fourth-order valence-corrected chi connectivity index (χ4v) is 2.87. The molecule has 0 radical (unpaired) electrons. The number of fused-ring (bicyclic) bond motifs is 2. The molecule has 4 aromatic rings. The molecule has 2 aromatic heterocycles. The van der Waals surface area contributed by atoms with Crippen LogP contribution in [0.25, 0.3) is 33.6 Å². The number of rotatable bonds is 4. The molecule has 2 aromatic carbocycles. The molecule has 2 heterocycles. The average Bonchev–Trinajstić information content (AvgIpc) is 3.10. The van der Waals surface area contributed by atoms with E-state index in [4.69, 9.17) is 4.74 Å². The molecule has 0 aliphatic carbocycles. The quantitative estimate of drug-likeness (QED) is 0.552. The molecule has 0 fully saturated rings. The highest BCUT2D eigenvalue weighted by Crippen LogP contribution is 2.25. The molecular weight excluding hydrogens is 324 g/mol. The van der Waals surface area contributed by atoms with Crippen molar-refractivity contribution in [1.29, 1.82) is 5.26 Å². The lowest BCUT2D eigenvalue weighted by Gasteiger charge is -2.07. The molecule has 0 atom stereocenters. The van der Waals surface area contributed by atoms with Gasteiger partial charge in [0.1, 0.15) is 23.2 Å². The number of para-hydroxylation sites is 3. The van der Waals surface area contributed by atoms with E-state index in [0.717, 1.165) is 27.7 Å². The van der Waals surface area contributed by atoms with E-state index in [1.54, 1.807) is 6.08 Å². The van der Waals surface area contributed by atoms with Crippen LogP contribution in [0.5, 0.6) is 5.75 Å². The first-order valence-corrected chi connectivity index (χ1v) is 8.38. The highest BCUT2D eigenvalue weighted by atomic mass is 16.5. The molecule has 5 heteroatoms. The number of hydrogen-bond donors (Lipinski definition) is 1. The van der Waals surface area contributed by atoms with Gasteiger partial charge in [-0.3, -0.25) is 0 Å². The lowest BCUT2D eigenvalue weighted by molar-refractivity contribution is 0.343. The molecule has 0 saturated heterocycles. The topological polar surface area (TPSA) is 74.6 Å². The number of allylic oxidation sites excluding steroid dienone is 1. The van der Waals surface area contributed by atoms with Crippen molar-refractivity contribution < 1.29 is 4.74 Å². The van der Waals surface area contributed by atoms with Crippen LogP contribution in [0.1, 0.15) is 18.4 Å². The van der Waals surface area contributed by atoms with Crippen molar-refractivity contribution in [2.24, 2.45) is 0 Å². The first-order chi connectivity index (χ1) is 12.8. The molecule has 4 rings (SSSR count). The molecule has 0 aliphatic heterocycles. The summed E-state index contributed by atoms with van der Waals surface area (Å²) in [5, 5.41) is 10.6. The maximum atomic E-state index is 9.59. The minimum atomic E-state index is 0.432. The third-order valence-electron chi connectivity index (χ3n) is 4.06. The van der Waals surface area contributed by atoms with Crippen LogP contribution in [-0.2, 0) is 0 Å². The zero-order valence-electron chi connectivity index (χ0n) is 14.2. The number of aromatic amines is 1. The molecule has 0 saturated carbocycles. The van der Waals surface area contributed by atoms with Gasteiger partial charge in [0.25, 0.3) is 0 Å². The summed E-state index contributed by atoms with van der Waals surface area (Å²) < 4.78 is 5.66. The summed E-state index contributed by atoms with van der Waals surface area (Å²) in [6, 6.07) is 19.6. The fraction of sp³-hybridized carbons (Fsp3) is 0.0952. The van der Waals surface area contributed by atoms with Gasteiger partial charge in [0, 0.05) is 5.39 Å². The number of hydrogen-bond acceptors (Lipinski definition) is 4. The Bertz CT molecular complexity index is 1130. The van der Waals surface area contributed by atoms with Crippen LogP contribution in [0.4, 0.5) is 0 Å². The predicted molar refractivity (Wildman–Crippen MR) is 102 cm³/mol. The Labute approximate surface area is 150 Å². The van der Waals surface area contributed by atoms with E-state index in [0.29, 0.717) is 23.7 Å². The van der Waals surface area contributed by atoms with Crippen molar-refractivity contribution in [3.8, 4) is 11.8 Å². The molecule has 5 nitrogen and oxygen atoms in total. The molecule has 126 valence electrons. The number of nitrogens with one attached hydrogen (secondary N) is 1. The van der Waals surface area contributed by atoms with E-state index < -0.39 is 0 Å². The van der Waals surface area contributed by atoms with Crippen LogP contribution in [-0.4, -0.2) is 21.6 Å². The highest BCUT2D eigenvalue weighted by molar-refractivity contribution is 5.91. The molecule has 0 bridgehead atoms. The predicted octanol–water partition coefficient (Wildman–Crippen LogP) is 4.57. The maximum absolute atomic E-state index is 9.59. The van der Waals surface area contributed by atoms with Crippen LogP contribution in [0.2, 0.25) is 0 Å². The number of nitrogens with zero attached hydrogens (tertiary/aromatic N) is 3. The van der Waals surface area contributed by atoms with Gasteiger partial charge in [-0.2, -0.15) is 5.26 Å². The molecule has 0 unspecified atom stereocenters. The Hall–Kier alpha value is -3.65. The second kappa shape index (κ2) is 6.69. The summed E-state index contributed by atoms with van der Waals surface area (Å²) in [7, 11) is 0. The van der Waals surface area contributed by atoms with Crippen molar-refractivity contribution in [3.05, 3.63) is 66.1 Å². The van der Waals surface area contributed by atoms with Crippen LogP contribution in [0.3, 0.4) is 0 Å². The number of aromatic nitrogens is 3. The second-order valence-electron chi connectivity index (χ2n) is 5.77. The lowest BCUT2D eigenvalue weighted by Crippen LogP contribution is -1.94. The van der Waals surface area contributed by atoms with E-state index in [9.17, 15) is 5.26 Å². The van der Waals surface area contributed by atoms with Crippen molar-refractivity contribution in [2.45, 2.75) is 6.92 Å². The monoisotopic (exact) mass is 340 g/mol. The fourth-order valence-electron chi connectivity index (χ4n) is 2.87. The van der Waals surface area contributed by atoms with Gasteiger partial charge in [-0.15, -0.1) is 0 Å². The number of benzene rings is 2. The van der Waals surface area contributed by atoms with Crippen molar-refractivity contribution >= 4 is 33.6 Å². The standard InChI is InChI=1S/C21H16N4O/c1-2-26-19-9-5-6-14-10-11-16(23-20(14)19)12-15(13-22)21-24-17-7-3-4-8-18(17)25-21/h3-12H,2H2,1H3,(H,24,25). The van der Waals surface area contributed by atoms with Crippen molar-refractivity contribution in [3.63, 3.8) is 0 Å². The Morgan fingerprint density at radius 2 is 2.00 bits per heavy atom. The number of nitriles is 1. The summed E-state index contributed by atoms with van der Waals surface area (Å²) in [6.07, 6.45) is 1.74. The third kappa shape index (κ3) is 2.89. The summed E-state index contributed by atoms with van der Waals surface area (Å²) in [5.41, 5.74) is 3.62. The Morgan fingerprint density at radius 3 is 2.81 bits per heavy atom. The third-order valence-corrected chi connectivity index (χ3v) is 4.06. The van der Waals surface area contributed by atoms with Gasteiger partial charge in [0.2, 0.25) is 0 Å². The molecule has 1 N–H and O–H groups in total.